The minimum atomic E-state index is -0.563. The fourth-order valence-electron chi connectivity index (χ4n) is 3.85. The number of benzene rings is 2. The van der Waals surface area contributed by atoms with Gasteiger partial charge in [0.25, 0.3) is 0 Å². The molecule has 1 unspecified atom stereocenters. The molecule has 4 rings (SSSR count). The number of nitrogens with one attached hydrogen (secondary N) is 2. The largest absolute Gasteiger partial charge is 0.367 e. The van der Waals surface area contributed by atoms with Crippen LogP contribution in [0.15, 0.2) is 60.1 Å². The monoisotopic (exact) mass is 567 g/mol. The lowest BCUT2D eigenvalue weighted by Gasteiger charge is -2.21. The molecule has 3 aromatic rings. The van der Waals surface area contributed by atoms with E-state index in [9.17, 15) is 8.78 Å². The zero-order valence-corrected chi connectivity index (χ0v) is 20.7. The summed E-state index contributed by atoms with van der Waals surface area (Å²) in [5.74, 6) is -0.371. The van der Waals surface area contributed by atoms with Crippen LogP contribution in [0.1, 0.15) is 24.5 Å². The first-order chi connectivity index (χ1) is 15.6. The molecular formula is C23H28F2IN7. The van der Waals surface area contributed by atoms with E-state index in [0.717, 1.165) is 36.1 Å². The van der Waals surface area contributed by atoms with Gasteiger partial charge in [0.05, 0.1) is 18.8 Å². The van der Waals surface area contributed by atoms with Gasteiger partial charge < -0.3 is 15.5 Å². The molecule has 7 nitrogen and oxygen atoms in total. The molecule has 1 aliphatic heterocycles. The third kappa shape index (κ3) is 6.86. The normalized spacial score (nSPS) is 15.9. The highest BCUT2D eigenvalue weighted by molar-refractivity contribution is 14.0. The number of hydrogen-bond donors (Lipinski definition) is 2. The third-order valence-electron chi connectivity index (χ3n) is 5.35. The van der Waals surface area contributed by atoms with Crippen molar-refractivity contribution in [3.05, 3.63) is 77.9 Å². The average molecular weight is 567 g/mol. The van der Waals surface area contributed by atoms with Gasteiger partial charge in [0.2, 0.25) is 0 Å². The van der Waals surface area contributed by atoms with Crippen molar-refractivity contribution in [2.45, 2.75) is 32.5 Å². The highest BCUT2D eigenvalue weighted by Gasteiger charge is 2.25. The molecule has 1 atom stereocenters. The lowest BCUT2D eigenvalue weighted by molar-refractivity contribution is 0.580. The number of anilines is 1. The molecule has 176 valence electrons. The maximum Gasteiger partial charge on any atom is 0.191 e. The van der Waals surface area contributed by atoms with E-state index in [2.05, 4.69) is 32.8 Å². The molecular weight excluding hydrogens is 539 g/mol. The predicted octanol–water partition coefficient (Wildman–Crippen LogP) is 3.56. The summed E-state index contributed by atoms with van der Waals surface area (Å²) in [5, 5.41) is 10.9. The third-order valence-corrected chi connectivity index (χ3v) is 5.35. The first-order valence-electron chi connectivity index (χ1n) is 10.8. The standard InChI is InChI=1S/C23H27F2N7.HI/c1-2-27-23(28-12-17-4-3-5-18(10-17)13-32-16-26-15-29-32)30-20-8-9-31(14-20)22-7-6-19(24)11-21(22)25;/h3-7,10-11,15-16,20H,2,8-9,12-14H2,1H3,(H2,27,28,30);1H. The van der Waals surface area contributed by atoms with Crippen molar-refractivity contribution in [2.24, 2.45) is 4.99 Å². The minimum absolute atomic E-state index is 0. The summed E-state index contributed by atoms with van der Waals surface area (Å²) in [7, 11) is 0. The zero-order valence-electron chi connectivity index (χ0n) is 18.4. The summed E-state index contributed by atoms with van der Waals surface area (Å²) in [6.07, 6.45) is 4.06. The Morgan fingerprint density at radius 2 is 2.03 bits per heavy atom. The van der Waals surface area contributed by atoms with Gasteiger partial charge in [-0.05, 0) is 36.6 Å². The minimum Gasteiger partial charge on any atom is -0.367 e. The van der Waals surface area contributed by atoms with Crippen LogP contribution in [-0.4, -0.2) is 46.4 Å². The van der Waals surface area contributed by atoms with Crippen LogP contribution in [0.4, 0.5) is 14.5 Å². The van der Waals surface area contributed by atoms with Crippen LogP contribution in [0.25, 0.3) is 0 Å². The van der Waals surface area contributed by atoms with Crippen molar-refractivity contribution in [3.63, 3.8) is 0 Å². The lowest BCUT2D eigenvalue weighted by Crippen LogP contribution is -2.44. The number of nitrogens with zero attached hydrogens (tertiary/aromatic N) is 5. The Bertz CT molecular complexity index is 1060. The van der Waals surface area contributed by atoms with E-state index in [1.54, 1.807) is 11.0 Å². The average Bonchev–Trinajstić information content (AvgIpc) is 3.45. The van der Waals surface area contributed by atoms with Crippen LogP contribution >= 0.6 is 24.0 Å². The molecule has 0 bridgehead atoms. The van der Waals surface area contributed by atoms with Crippen molar-refractivity contribution in [1.82, 2.24) is 25.4 Å². The van der Waals surface area contributed by atoms with E-state index in [1.165, 1.54) is 18.5 Å². The number of halogens is 3. The van der Waals surface area contributed by atoms with Crippen molar-refractivity contribution < 1.29 is 8.78 Å². The summed E-state index contributed by atoms with van der Waals surface area (Å²) < 4.78 is 29.1. The number of guanidine groups is 1. The number of hydrogen-bond acceptors (Lipinski definition) is 4. The van der Waals surface area contributed by atoms with Crippen molar-refractivity contribution in [2.75, 3.05) is 24.5 Å². The highest BCUT2D eigenvalue weighted by atomic mass is 127. The van der Waals surface area contributed by atoms with Gasteiger partial charge >= 0.3 is 0 Å². The van der Waals surface area contributed by atoms with Crippen LogP contribution in [-0.2, 0) is 13.1 Å². The maximum atomic E-state index is 14.1. The molecule has 0 amide bonds. The molecule has 1 aliphatic rings. The fourth-order valence-corrected chi connectivity index (χ4v) is 3.85. The van der Waals surface area contributed by atoms with Gasteiger partial charge in [0.1, 0.15) is 24.3 Å². The predicted molar refractivity (Wildman–Crippen MR) is 136 cm³/mol. The van der Waals surface area contributed by atoms with E-state index in [-0.39, 0.29) is 30.0 Å². The van der Waals surface area contributed by atoms with Gasteiger partial charge in [-0.3, -0.25) is 0 Å². The van der Waals surface area contributed by atoms with E-state index in [0.29, 0.717) is 31.9 Å². The van der Waals surface area contributed by atoms with Crippen LogP contribution < -0.4 is 15.5 Å². The van der Waals surface area contributed by atoms with Crippen LogP contribution in [0.3, 0.4) is 0 Å². The van der Waals surface area contributed by atoms with Crippen LogP contribution in [0.2, 0.25) is 0 Å². The van der Waals surface area contributed by atoms with Gasteiger partial charge in [-0.15, -0.1) is 24.0 Å². The molecule has 0 spiro atoms. The smallest absolute Gasteiger partial charge is 0.191 e. The zero-order chi connectivity index (χ0) is 22.3. The summed E-state index contributed by atoms with van der Waals surface area (Å²) in [5.41, 5.74) is 2.66. The van der Waals surface area contributed by atoms with E-state index in [1.807, 2.05) is 24.0 Å². The van der Waals surface area contributed by atoms with Gasteiger partial charge in [-0.1, -0.05) is 24.3 Å². The number of aromatic nitrogens is 3. The summed E-state index contributed by atoms with van der Waals surface area (Å²) >= 11 is 0. The Balaban J connectivity index is 0.00000306. The van der Waals surface area contributed by atoms with Gasteiger partial charge in [-0.25, -0.2) is 23.4 Å². The molecule has 1 aromatic heterocycles. The molecule has 0 radical (unpaired) electrons. The molecule has 1 saturated heterocycles. The second kappa shape index (κ2) is 11.9. The Labute approximate surface area is 209 Å². The van der Waals surface area contributed by atoms with Gasteiger partial charge in [0, 0.05) is 31.7 Å². The molecule has 10 heteroatoms. The number of aliphatic imine (C=N–C) groups is 1. The first-order valence-corrected chi connectivity index (χ1v) is 10.8. The van der Waals surface area contributed by atoms with Crippen LogP contribution in [0.5, 0.6) is 0 Å². The van der Waals surface area contributed by atoms with Crippen molar-refractivity contribution in [1.29, 1.82) is 0 Å². The van der Waals surface area contributed by atoms with Gasteiger partial charge in [0.15, 0.2) is 5.96 Å². The molecule has 2 N–H and O–H groups in total. The Morgan fingerprint density at radius 3 is 2.79 bits per heavy atom. The lowest BCUT2D eigenvalue weighted by atomic mass is 10.1. The summed E-state index contributed by atoms with van der Waals surface area (Å²) in [6.45, 7) is 5.27. The molecule has 2 aromatic carbocycles. The van der Waals surface area contributed by atoms with E-state index >= 15 is 0 Å². The Kier molecular flexibility index (Phi) is 8.98. The van der Waals surface area contributed by atoms with E-state index < -0.39 is 11.6 Å². The SMILES string of the molecule is CCNC(=NCc1cccc(Cn2cncn2)c1)NC1CCN(c2ccc(F)cc2F)C1.I. The molecule has 0 aliphatic carbocycles. The maximum absolute atomic E-state index is 14.1. The summed E-state index contributed by atoms with van der Waals surface area (Å²) in [6, 6.07) is 12.1. The molecule has 0 saturated carbocycles. The second-order valence-electron chi connectivity index (χ2n) is 7.78. The van der Waals surface area contributed by atoms with E-state index in [4.69, 9.17) is 4.99 Å². The Morgan fingerprint density at radius 1 is 1.18 bits per heavy atom. The molecule has 33 heavy (non-hydrogen) atoms. The molecule has 1 fully saturated rings. The fraction of sp³-hybridized carbons (Fsp3) is 0.348. The molecule has 2 heterocycles. The number of rotatable bonds is 7. The van der Waals surface area contributed by atoms with Crippen molar-refractivity contribution >= 4 is 35.6 Å². The topological polar surface area (TPSA) is 70.4 Å². The second-order valence-corrected chi connectivity index (χ2v) is 7.78. The van der Waals surface area contributed by atoms with Crippen molar-refractivity contribution in [3.8, 4) is 0 Å². The quantitative estimate of drug-likeness (QED) is 0.260. The Hall–Kier alpha value is -2.76. The van der Waals surface area contributed by atoms with Gasteiger partial charge in [-0.2, -0.15) is 5.10 Å². The van der Waals surface area contributed by atoms with Crippen LogP contribution in [0, 0.1) is 11.6 Å². The highest BCUT2D eigenvalue weighted by Crippen LogP contribution is 2.24. The first kappa shape index (κ1) is 24.9. The summed E-state index contributed by atoms with van der Waals surface area (Å²) in [4.78, 5) is 10.6.